The number of carbonyl (C=O) groups excluding carboxylic acids is 2. The highest BCUT2D eigenvalue weighted by molar-refractivity contribution is 7.10. The van der Waals surface area contributed by atoms with Gasteiger partial charge in [-0.15, -0.1) is 11.3 Å². The number of anilines is 1. The number of aromatic hydroxyl groups is 1. The molecule has 0 radical (unpaired) electrons. The normalized spacial score (nSPS) is 18.6. The fraction of sp³-hybridized carbons (Fsp3) is 0.250. The zero-order valence-corrected chi connectivity index (χ0v) is 17.8. The van der Waals surface area contributed by atoms with Crippen molar-refractivity contribution < 1.29 is 14.7 Å². The van der Waals surface area contributed by atoms with E-state index in [4.69, 9.17) is 0 Å². The summed E-state index contributed by atoms with van der Waals surface area (Å²) in [5.74, 6) is -0.463. The van der Waals surface area contributed by atoms with E-state index in [1.165, 1.54) is 0 Å². The van der Waals surface area contributed by atoms with E-state index < -0.39 is 5.92 Å². The highest BCUT2D eigenvalue weighted by Crippen LogP contribution is 2.43. The van der Waals surface area contributed by atoms with E-state index in [1.54, 1.807) is 46.4 Å². The van der Waals surface area contributed by atoms with Crippen molar-refractivity contribution in [1.82, 2.24) is 4.90 Å². The minimum absolute atomic E-state index is 0.0495. The van der Waals surface area contributed by atoms with Crippen LogP contribution in [-0.2, 0) is 16.1 Å². The van der Waals surface area contributed by atoms with Gasteiger partial charge in [-0.1, -0.05) is 42.0 Å². The number of hydrogen-bond donors (Lipinski definition) is 1. The third-order valence-electron chi connectivity index (χ3n) is 5.56. The molecule has 1 aliphatic rings. The van der Waals surface area contributed by atoms with Crippen molar-refractivity contribution in [2.45, 2.75) is 25.9 Å². The van der Waals surface area contributed by atoms with E-state index in [0.29, 0.717) is 5.56 Å². The summed E-state index contributed by atoms with van der Waals surface area (Å²) in [6, 6.07) is 18.4. The fourth-order valence-corrected chi connectivity index (χ4v) is 4.89. The first-order valence-electron chi connectivity index (χ1n) is 9.89. The number of carbonyl (C=O) groups is 2. The van der Waals surface area contributed by atoms with Crippen LogP contribution in [-0.4, -0.2) is 28.9 Å². The maximum absolute atomic E-state index is 13.4. The minimum Gasteiger partial charge on any atom is -0.508 e. The van der Waals surface area contributed by atoms with Gasteiger partial charge in [0.05, 0.1) is 12.0 Å². The number of aryl methyl sites for hydroxylation is 1. The first-order valence-corrected chi connectivity index (χ1v) is 10.8. The van der Waals surface area contributed by atoms with Gasteiger partial charge in [-0.2, -0.15) is 0 Å². The zero-order chi connectivity index (χ0) is 21.3. The smallest absolute Gasteiger partial charge is 0.228 e. The molecular formula is C24H24N2O3S. The lowest BCUT2D eigenvalue weighted by Gasteiger charge is -2.29. The lowest BCUT2D eigenvalue weighted by Crippen LogP contribution is -2.36. The zero-order valence-electron chi connectivity index (χ0n) is 17.0. The largest absolute Gasteiger partial charge is 0.508 e. The topological polar surface area (TPSA) is 60.9 Å². The minimum atomic E-state index is -0.478. The van der Waals surface area contributed by atoms with Crippen LogP contribution in [0.2, 0.25) is 0 Å². The number of phenols is 1. The van der Waals surface area contributed by atoms with Crippen molar-refractivity contribution in [3.63, 3.8) is 0 Å². The molecule has 6 heteroatoms. The van der Waals surface area contributed by atoms with E-state index in [1.807, 2.05) is 54.8 Å². The number of rotatable bonds is 5. The number of para-hydroxylation sites is 1. The van der Waals surface area contributed by atoms with Gasteiger partial charge in [0.15, 0.2) is 0 Å². The van der Waals surface area contributed by atoms with Gasteiger partial charge in [-0.05, 0) is 36.6 Å². The van der Waals surface area contributed by atoms with E-state index in [9.17, 15) is 14.7 Å². The highest BCUT2D eigenvalue weighted by Gasteiger charge is 2.46. The number of amides is 2. The quantitative estimate of drug-likeness (QED) is 0.660. The summed E-state index contributed by atoms with van der Waals surface area (Å²) in [4.78, 5) is 30.8. The van der Waals surface area contributed by atoms with Crippen LogP contribution >= 0.6 is 11.3 Å². The molecule has 4 rings (SSSR count). The van der Waals surface area contributed by atoms with Crippen LogP contribution in [0.3, 0.4) is 0 Å². The summed E-state index contributed by atoms with van der Waals surface area (Å²) in [6.07, 6.45) is 0.167. The van der Waals surface area contributed by atoms with Crippen molar-refractivity contribution >= 4 is 28.8 Å². The van der Waals surface area contributed by atoms with Crippen LogP contribution in [0.1, 0.15) is 28.5 Å². The van der Waals surface area contributed by atoms with Gasteiger partial charge in [-0.25, -0.2) is 0 Å². The number of phenolic OH excluding ortho intramolecular Hbond substituents is 1. The molecule has 5 nitrogen and oxygen atoms in total. The van der Waals surface area contributed by atoms with Crippen LogP contribution in [0, 0.1) is 12.8 Å². The molecule has 0 spiro atoms. The molecule has 1 aliphatic heterocycles. The molecule has 0 bridgehead atoms. The average molecular weight is 421 g/mol. The van der Waals surface area contributed by atoms with Crippen molar-refractivity contribution in [1.29, 1.82) is 0 Å². The van der Waals surface area contributed by atoms with Crippen LogP contribution in [0.15, 0.2) is 66.0 Å². The Labute approximate surface area is 180 Å². The molecule has 1 saturated heterocycles. The van der Waals surface area contributed by atoms with Gasteiger partial charge in [0.2, 0.25) is 11.8 Å². The molecule has 0 unspecified atom stereocenters. The lowest BCUT2D eigenvalue weighted by atomic mass is 9.96. The van der Waals surface area contributed by atoms with Gasteiger partial charge < -0.3 is 14.9 Å². The van der Waals surface area contributed by atoms with Crippen molar-refractivity contribution in [3.05, 3.63) is 82.0 Å². The van der Waals surface area contributed by atoms with Gasteiger partial charge in [-0.3, -0.25) is 9.59 Å². The Morgan fingerprint density at radius 3 is 2.53 bits per heavy atom. The molecule has 0 aliphatic carbocycles. The Kier molecular flexibility index (Phi) is 5.59. The second-order valence-corrected chi connectivity index (χ2v) is 8.67. The summed E-state index contributed by atoms with van der Waals surface area (Å²) >= 11 is 1.56. The summed E-state index contributed by atoms with van der Waals surface area (Å²) in [6.45, 7) is 2.30. The molecule has 1 fully saturated rings. The Hall–Kier alpha value is -3.12. The molecule has 1 N–H and O–H groups in total. The van der Waals surface area contributed by atoms with Gasteiger partial charge in [0, 0.05) is 36.1 Å². The fourth-order valence-electron chi connectivity index (χ4n) is 4.01. The van der Waals surface area contributed by atoms with E-state index in [-0.39, 0.29) is 36.6 Å². The van der Waals surface area contributed by atoms with Crippen LogP contribution in [0.25, 0.3) is 0 Å². The molecule has 2 heterocycles. The monoisotopic (exact) mass is 420 g/mol. The average Bonchev–Trinajstić information content (AvgIpc) is 3.37. The van der Waals surface area contributed by atoms with Gasteiger partial charge >= 0.3 is 0 Å². The molecular weight excluding hydrogens is 396 g/mol. The summed E-state index contributed by atoms with van der Waals surface area (Å²) < 4.78 is 0. The second-order valence-electron chi connectivity index (χ2n) is 7.69. The van der Waals surface area contributed by atoms with Crippen molar-refractivity contribution in [3.8, 4) is 5.75 Å². The van der Waals surface area contributed by atoms with E-state index in [0.717, 1.165) is 16.1 Å². The van der Waals surface area contributed by atoms with E-state index in [2.05, 4.69) is 0 Å². The molecule has 3 aromatic rings. The van der Waals surface area contributed by atoms with Crippen LogP contribution < -0.4 is 4.90 Å². The van der Waals surface area contributed by atoms with E-state index >= 15 is 0 Å². The molecule has 154 valence electrons. The van der Waals surface area contributed by atoms with Gasteiger partial charge in [0.25, 0.3) is 0 Å². The second kappa shape index (κ2) is 8.32. The third-order valence-corrected chi connectivity index (χ3v) is 6.50. The Morgan fingerprint density at radius 1 is 1.13 bits per heavy atom. The Bertz CT molecular complexity index is 1050. The van der Waals surface area contributed by atoms with Crippen LogP contribution in [0.4, 0.5) is 5.69 Å². The Morgan fingerprint density at radius 2 is 1.87 bits per heavy atom. The number of benzene rings is 2. The third kappa shape index (κ3) is 3.83. The highest BCUT2D eigenvalue weighted by atomic mass is 32.1. The standard InChI is InChI=1S/C24H24N2O3S/c1-16-9-11-18(12-10-16)26-22(28)14-19(23(26)21-8-5-13-30-21)24(29)25(2)15-17-6-3-4-7-20(17)27/h3-13,19,23,27H,14-15H2,1-2H3/t19-,23-/m1/s1. The van der Waals surface area contributed by atoms with Crippen molar-refractivity contribution in [2.75, 3.05) is 11.9 Å². The Balaban J connectivity index is 1.64. The first kappa shape index (κ1) is 20.2. The molecule has 2 aromatic carbocycles. The predicted molar refractivity (Wildman–Crippen MR) is 118 cm³/mol. The predicted octanol–water partition coefficient (Wildman–Crippen LogP) is 4.51. The number of thiophene rings is 1. The molecule has 2 amide bonds. The van der Waals surface area contributed by atoms with Crippen molar-refractivity contribution in [2.24, 2.45) is 5.92 Å². The SMILES string of the molecule is Cc1ccc(N2C(=O)C[C@@H](C(=O)N(C)Cc3ccccc3O)[C@@H]2c2cccs2)cc1. The summed E-state index contributed by atoms with van der Waals surface area (Å²) in [7, 11) is 1.72. The number of hydrogen-bond acceptors (Lipinski definition) is 4. The molecule has 0 saturated carbocycles. The maximum Gasteiger partial charge on any atom is 0.228 e. The summed E-state index contributed by atoms with van der Waals surface area (Å²) in [5.41, 5.74) is 2.61. The van der Waals surface area contributed by atoms with Gasteiger partial charge in [0.1, 0.15) is 5.75 Å². The summed E-state index contributed by atoms with van der Waals surface area (Å²) in [5, 5.41) is 12.0. The number of nitrogens with zero attached hydrogens (tertiary/aromatic N) is 2. The first-order chi connectivity index (χ1) is 14.5. The molecule has 30 heavy (non-hydrogen) atoms. The maximum atomic E-state index is 13.4. The molecule has 2 atom stereocenters. The van der Waals surface area contributed by atoms with Crippen LogP contribution in [0.5, 0.6) is 5.75 Å². The molecule has 1 aromatic heterocycles. The lowest BCUT2D eigenvalue weighted by molar-refractivity contribution is -0.135.